The van der Waals surface area contributed by atoms with Crippen molar-refractivity contribution in [2.24, 2.45) is 10.2 Å². The average Bonchev–Trinajstić information content (AvgIpc) is 3.01. The first-order chi connectivity index (χ1) is 12.2. The normalized spacial score (nSPS) is 13.3. The average molecular weight is 357 g/mol. The van der Waals surface area contributed by atoms with Gasteiger partial charge in [0.25, 0.3) is 5.56 Å². The molecule has 0 saturated carbocycles. The van der Waals surface area contributed by atoms with E-state index in [2.05, 4.69) is 20.4 Å². The zero-order valence-corrected chi connectivity index (χ0v) is 13.7. The molecular formula is C17H13ClN4O3. The number of nitrogens with zero attached hydrogens (tertiary/aromatic N) is 2. The van der Waals surface area contributed by atoms with E-state index in [-0.39, 0.29) is 11.2 Å². The molecule has 0 radical (unpaired) electrons. The van der Waals surface area contributed by atoms with E-state index in [1.54, 1.807) is 36.4 Å². The van der Waals surface area contributed by atoms with Crippen molar-refractivity contribution in [3.05, 3.63) is 57.8 Å². The van der Waals surface area contributed by atoms with Crippen molar-refractivity contribution >= 4 is 23.0 Å². The number of halogens is 1. The summed E-state index contributed by atoms with van der Waals surface area (Å²) in [5.41, 5.74) is 1.69. The number of benzene rings is 2. The molecule has 2 heterocycles. The van der Waals surface area contributed by atoms with Gasteiger partial charge in [0.15, 0.2) is 17.2 Å². The summed E-state index contributed by atoms with van der Waals surface area (Å²) in [4.78, 5) is 12.1. The Labute approximate surface area is 147 Å². The third-order valence-electron chi connectivity index (χ3n) is 3.68. The minimum atomic E-state index is -0.359. The Bertz CT molecular complexity index is 992. The summed E-state index contributed by atoms with van der Waals surface area (Å²) in [5, 5.41) is 14.2. The second-order valence-corrected chi connectivity index (χ2v) is 5.77. The summed E-state index contributed by atoms with van der Waals surface area (Å²) in [6.45, 7) is 1.01. The molecule has 2 aromatic carbocycles. The van der Waals surface area contributed by atoms with Crippen LogP contribution in [0.25, 0.3) is 11.3 Å². The highest BCUT2D eigenvalue weighted by atomic mass is 35.5. The van der Waals surface area contributed by atoms with Crippen molar-refractivity contribution < 1.29 is 9.47 Å². The number of rotatable bonds is 3. The number of hydrogen-bond acceptors (Lipinski definition) is 5. The summed E-state index contributed by atoms with van der Waals surface area (Å²) in [7, 11) is 0. The van der Waals surface area contributed by atoms with Gasteiger partial charge in [-0.3, -0.25) is 15.0 Å². The van der Waals surface area contributed by atoms with Gasteiger partial charge in [-0.2, -0.15) is 5.11 Å². The number of fused-ring (bicyclic) bond motifs is 1. The molecule has 25 heavy (non-hydrogen) atoms. The van der Waals surface area contributed by atoms with Gasteiger partial charge in [-0.15, -0.1) is 5.11 Å². The monoisotopic (exact) mass is 356 g/mol. The van der Waals surface area contributed by atoms with Crippen molar-refractivity contribution in [3.8, 4) is 22.8 Å². The highest BCUT2D eigenvalue weighted by molar-refractivity contribution is 6.30. The van der Waals surface area contributed by atoms with Crippen LogP contribution in [0.5, 0.6) is 11.5 Å². The van der Waals surface area contributed by atoms with Gasteiger partial charge in [-0.05, 0) is 42.5 Å². The van der Waals surface area contributed by atoms with Crippen molar-refractivity contribution in [1.29, 1.82) is 0 Å². The molecule has 2 N–H and O–H groups in total. The number of aromatic nitrogens is 2. The summed E-state index contributed by atoms with van der Waals surface area (Å²) < 4.78 is 11.1. The molecule has 0 spiro atoms. The first-order valence-electron chi connectivity index (χ1n) is 7.59. The quantitative estimate of drug-likeness (QED) is 0.688. The fourth-order valence-electron chi connectivity index (χ4n) is 2.47. The van der Waals surface area contributed by atoms with Crippen molar-refractivity contribution in [2.75, 3.05) is 13.2 Å². The van der Waals surface area contributed by atoms with E-state index in [1.165, 1.54) is 0 Å². The van der Waals surface area contributed by atoms with Crippen LogP contribution in [0.3, 0.4) is 0 Å². The van der Waals surface area contributed by atoms with Gasteiger partial charge >= 0.3 is 0 Å². The molecule has 1 aromatic heterocycles. The lowest BCUT2D eigenvalue weighted by atomic mass is 10.1. The summed E-state index contributed by atoms with van der Waals surface area (Å²) >= 11 is 5.85. The van der Waals surface area contributed by atoms with Gasteiger partial charge in [-0.25, -0.2) is 0 Å². The minimum absolute atomic E-state index is 0.187. The van der Waals surface area contributed by atoms with Gasteiger partial charge in [0.2, 0.25) is 0 Å². The zero-order chi connectivity index (χ0) is 17.2. The number of azo groups is 1. The van der Waals surface area contributed by atoms with Gasteiger partial charge in [0.1, 0.15) is 13.2 Å². The SMILES string of the molecule is O=c1[nH][nH]c(-c2ccc3c(c2)OCCO3)c1N=Nc1ccc(Cl)cc1. The number of H-pyrrole nitrogens is 2. The molecule has 3 aromatic rings. The molecule has 0 bridgehead atoms. The van der Waals surface area contributed by atoms with E-state index in [9.17, 15) is 4.79 Å². The Balaban J connectivity index is 1.70. The smallest absolute Gasteiger partial charge is 0.292 e. The summed E-state index contributed by atoms with van der Waals surface area (Å²) in [6, 6.07) is 12.3. The maximum Gasteiger partial charge on any atom is 0.292 e. The number of aromatic amines is 2. The van der Waals surface area contributed by atoms with Crippen molar-refractivity contribution in [2.45, 2.75) is 0 Å². The van der Waals surface area contributed by atoms with Crippen LogP contribution in [0.1, 0.15) is 0 Å². The Morgan fingerprint density at radius 2 is 1.68 bits per heavy atom. The molecule has 0 amide bonds. The number of ether oxygens (including phenoxy) is 2. The Hall–Kier alpha value is -3.06. The van der Waals surface area contributed by atoms with Crippen LogP contribution < -0.4 is 15.0 Å². The van der Waals surface area contributed by atoms with E-state index in [1.807, 2.05) is 6.07 Å². The van der Waals surface area contributed by atoms with Crippen LogP contribution in [0.2, 0.25) is 5.02 Å². The molecule has 1 aliphatic heterocycles. The third kappa shape index (κ3) is 3.14. The zero-order valence-electron chi connectivity index (χ0n) is 13.0. The molecule has 1 aliphatic rings. The first kappa shape index (κ1) is 15.5. The van der Waals surface area contributed by atoms with Gasteiger partial charge in [0, 0.05) is 10.6 Å². The minimum Gasteiger partial charge on any atom is -0.486 e. The summed E-state index contributed by atoms with van der Waals surface area (Å²) in [5.74, 6) is 1.31. The fraction of sp³-hybridized carbons (Fsp3) is 0.118. The van der Waals surface area contributed by atoms with Crippen LogP contribution in [0.15, 0.2) is 57.5 Å². The van der Waals surface area contributed by atoms with E-state index in [0.717, 1.165) is 5.56 Å². The van der Waals surface area contributed by atoms with E-state index < -0.39 is 0 Å². The van der Waals surface area contributed by atoms with Crippen molar-refractivity contribution in [1.82, 2.24) is 10.2 Å². The Morgan fingerprint density at radius 3 is 2.48 bits per heavy atom. The van der Waals surface area contributed by atoms with Crippen LogP contribution in [0.4, 0.5) is 11.4 Å². The lowest BCUT2D eigenvalue weighted by molar-refractivity contribution is 0.171. The topological polar surface area (TPSA) is 91.8 Å². The standard InChI is InChI=1S/C17H13ClN4O3/c18-11-2-4-12(5-3-11)19-21-16-15(20-22-17(16)23)10-1-6-13-14(9-10)25-8-7-24-13/h1-6,9H,7-8H2,(H2,20,22,23). The highest BCUT2D eigenvalue weighted by Gasteiger charge is 2.16. The van der Waals surface area contributed by atoms with E-state index >= 15 is 0 Å². The number of nitrogens with one attached hydrogen (secondary N) is 2. The Kier molecular flexibility index (Phi) is 3.99. The third-order valence-corrected chi connectivity index (χ3v) is 3.93. The number of hydrogen-bond donors (Lipinski definition) is 2. The van der Waals surface area contributed by atoms with E-state index in [0.29, 0.717) is 41.1 Å². The molecule has 126 valence electrons. The second kappa shape index (κ2) is 6.45. The molecule has 0 aliphatic carbocycles. The molecule has 0 fully saturated rings. The van der Waals surface area contributed by atoms with Gasteiger partial charge in [-0.1, -0.05) is 11.6 Å². The molecule has 0 saturated heterocycles. The van der Waals surface area contributed by atoms with Crippen molar-refractivity contribution in [3.63, 3.8) is 0 Å². The van der Waals surface area contributed by atoms with Crippen LogP contribution in [0, 0.1) is 0 Å². The fourth-order valence-corrected chi connectivity index (χ4v) is 2.60. The highest BCUT2D eigenvalue weighted by Crippen LogP contribution is 2.36. The maximum atomic E-state index is 12.1. The van der Waals surface area contributed by atoms with Gasteiger partial charge < -0.3 is 9.47 Å². The molecule has 4 rings (SSSR count). The second-order valence-electron chi connectivity index (χ2n) is 5.34. The largest absolute Gasteiger partial charge is 0.486 e. The maximum absolute atomic E-state index is 12.1. The van der Waals surface area contributed by atoms with Crippen LogP contribution >= 0.6 is 11.6 Å². The van der Waals surface area contributed by atoms with Crippen LogP contribution in [-0.2, 0) is 0 Å². The summed E-state index contributed by atoms with van der Waals surface area (Å²) in [6.07, 6.45) is 0. The lowest BCUT2D eigenvalue weighted by Crippen LogP contribution is -2.15. The Morgan fingerprint density at radius 1 is 0.920 bits per heavy atom. The lowest BCUT2D eigenvalue weighted by Gasteiger charge is -2.18. The molecule has 8 heteroatoms. The molecule has 7 nitrogen and oxygen atoms in total. The molecule has 0 atom stereocenters. The van der Waals surface area contributed by atoms with Crippen LogP contribution in [-0.4, -0.2) is 23.4 Å². The molecule has 0 unspecified atom stereocenters. The predicted molar refractivity (Wildman–Crippen MR) is 93.5 cm³/mol. The van der Waals surface area contributed by atoms with E-state index in [4.69, 9.17) is 21.1 Å². The molecular weight excluding hydrogens is 344 g/mol. The van der Waals surface area contributed by atoms with Gasteiger partial charge in [0.05, 0.1) is 11.4 Å². The predicted octanol–water partition coefficient (Wildman–Crippen LogP) is 4.21. The first-order valence-corrected chi connectivity index (χ1v) is 7.96.